The molecule has 0 heterocycles. The molecular weight excluding hydrogens is 308 g/mol. The first kappa shape index (κ1) is 18.3. The third-order valence-corrected chi connectivity index (χ3v) is 4.19. The van der Waals surface area contributed by atoms with E-state index in [9.17, 15) is 9.59 Å². The smallest absolute Gasteiger partial charge is 0.317 e. The fraction of sp³-hybridized carbons (Fsp3) is 0.556. The zero-order chi connectivity index (χ0) is 17.4. The van der Waals surface area contributed by atoms with Crippen LogP contribution in [0, 0.1) is 5.92 Å². The Labute approximate surface area is 142 Å². The molecule has 1 fully saturated rings. The van der Waals surface area contributed by atoms with E-state index in [2.05, 4.69) is 5.32 Å². The second kappa shape index (κ2) is 9.27. The number of carbonyl (C=O) groups is 2. The Morgan fingerprint density at radius 1 is 1.25 bits per heavy atom. The van der Waals surface area contributed by atoms with E-state index in [4.69, 9.17) is 10.2 Å². The predicted octanol–water partition coefficient (Wildman–Crippen LogP) is 1.88. The van der Waals surface area contributed by atoms with Crippen LogP contribution < -0.4 is 5.32 Å². The summed E-state index contributed by atoms with van der Waals surface area (Å²) in [5.41, 5.74) is 1.06. The van der Waals surface area contributed by atoms with Gasteiger partial charge in [0.2, 0.25) is 0 Å². The van der Waals surface area contributed by atoms with Crippen LogP contribution in [0.2, 0.25) is 0 Å². The maximum Gasteiger partial charge on any atom is 0.317 e. The van der Waals surface area contributed by atoms with E-state index < -0.39 is 5.97 Å². The second-order valence-electron chi connectivity index (χ2n) is 6.38. The number of hydrogen-bond acceptors (Lipinski definition) is 3. The number of rotatable bonds is 10. The van der Waals surface area contributed by atoms with Crippen molar-refractivity contribution in [3.05, 3.63) is 35.9 Å². The summed E-state index contributed by atoms with van der Waals surface area (Å²) in [6.45, 7) is 0.890. The maximum absolute atomic E-state index is 12.5. The van der Waals surface area contributed by atoms with Gasteiger partial charge in [-0.15, -0.1) is 0 Å². The fourth-order valence-corrected chi connectivity index (χ4v) is 2.70. The summed E-state index contributed by atoms with van der Waals surface area (Å²) in [5.74, 6) is -0.332. The summed E-state index contributed by atoms with van der Waals surface area (Å²) in [5, 5.41) is 21.0. The molecule has 2 amide bonds. The topological polar surface area (TPSA) is 89.9 Å². The average molecular weight is 334 g/mol. The van der Waals surface area contributed by atoms with Gasteiger partial charge in [-0.2, -0.15) is 0 Å². The van der Waals surface area contributed by atoms with Crippen LogP contribution in [0.3, 0.4) is 0 Å². The minimum atomic E-state index is -0.868. The predicted molar refractivity (Wildman–Crippen MR) is 90.7 cm³/mol. The van der Waals surface area contributed by atoms with E-state index in [1.807, 2.05) is 30.3 Å². The van der Waals surface area contributed by atoms with E-state index in [-0.39, 0.29) is 25.1 Å². The van der Waals surface area contributed by atoms with Crippen molar-refractivity contribution < 1.29 is 19.8 Å². The van der Waals surface area contributed by atoms with Crippen LogP contribution in [0.5, 0.6) is 0 Å². The highest BCUT2D eigenvalue weighted by Crippen LogP contribution is 2.29. The van der Waals surface area contributed by atoms with Crippen molar-refractivity contribution in [2.75, 3.05) is 19.7 Å². The SMILES string of the molecule is O=C(O)CCC(Cc1ccccc1)NC(=O)N(CCO)CC1CC1. The molecule has 0 saturated heterocycles. The van der Waals surface area contributed by atoms with Crippen molar-refractivity contribution in [2.45, 2.75) is 38.1 Å². The third-order valence-electron chi connectivity index (χ3n) is 4.19. The Kier molecular flexibility index (Phi) is 7.06. The van der Waals surface area contributed by atoms with Gasteiger partial charge in [0.15, 0.2) is 0 Å². The summed E-state index contributed by atoms with van der Waals surface area (Å²) in [6.07, 6.45) is 3.24. The second-order valence-corrected chi connectivity index (χ2v) is 6.38. The standard InChI is InChI=1S/C18H26N2O4/c21-11-10-20(13-15-6-7-15)18(24)19-16(8-9-17(22)23)12-14-4-2-1-3-5-14/h1-5,15-16,21H,6-13H2,(H,19,24)(H,22,23). The normalized spacial score (nSPS) is 14.9. The average Bonchev–Trinajstić information content (AvgIpc) is 3.37. The van der Waals surface area contributed by atoms with Crippen molar-refractivity contribution in [1.82, 2.24) is 10.2 Å². The summed E-state index contributed by atoms with van der Waals surface area (Å²) in [6, 6.07) is 9.25. The summed E-state index contributed by atoms with van der Waals surface area (Å²) in [7, 11) is 0. The number of benzene rings is 1. The maximum atomic E-state index is 12.5. The van der Waals surface area contributed by atoms with Crippen LogP contribution in [0.15, 0.2) is 30.3 Å². The zero-order valence-corrected chi connectivity index (χ0v) is 13.9. The number of carboxylic acid groups (broad SMARTS) is 1. The van der Waals surface area contributed by atoms with Crippen LogP contribution >= 0.6 is 0 Å². The molecule has 3 N–H and O–H groups in total. The molecule has 1 unspecified atom stereocenters. The van der Waals surface area contributed by atoms with Gasteiger partial charge in [-0.3, -0.25) is 4.79 Å². The Balaban J connectivity index is 1.95. The van der Waals surface area contributed by atoms with Gasteiger partial charge in [-0.05, 0) is 37.2 Å². The number of hydrogen-bond donors (Lipinski definition) is 3. The number of urea groups is 1. The van der Waals surface area contributed by atoms with Crippen molar-refractivity contribution >= 4 is 12.0 Å². The molecule has 0 radical (unpaired) electrons. The monoisotopic (exact) mass is 334 g/mol. The lowest BCUT2D eigenvalue weighted by Gasteiger charge is -2.26. The van der Waals surface area contributed by atoms with E-state index >= 15 is 0 Å². The van der Waals surface area contributed by atoms with Crippen molar-refractivity contribution in [3.63, 3.8) is 0 Å². The van der Waals surface area contributed by atoms with Crippen molar-refractivity contribution in [3.8, 4) is 0 Å². The lowest BCUT2D eigenvalue weighted by atomic mass is 10.0. The number of carbonyl (C=O) groups excluding carboxylic acids is 1. The Bertz CT molecular complexity index is 531. The lowest BCUT2D eigenvalue weighted by Crippen LogP contribution is -2.47. The van der Waals surface area contributed by atoms with Gasteiger partial charge in [-0.1, -0.05) is 30.3 Å². The number of nitrogens with one attached hydrogen (secondary N) is 1. The molecule has 1 atom stereocenters. The minimum Gasteiger partial charge on any atom is -0.481 e. The number of aliphatic hydroxyl groups is 1. The van der Waals surface area contributed by atoms with Gasteiger partial charge >= 0.3 is 12.0 Å². The molecule has 1 aliphatic carbocycles. The van der Waals surface area contributed by atoms with E-state index in [1.54, 1.807) is 4.90 Å². The van der Waals surface area contributed by atoms with Crippen LogP contribution in [0.1, 0.15) is 31.2 Å². The fourth-order valence-electron chi connectivity index (χ4n) is 2.70. The van der Waals surface area contributed by atoms with E-state index in [1.165, 1.54) is 0 Å². The first-order valence-corrected chi connectivity index (χ1v) is 8.50. The Morgan fingerprint density at radius 2 is 1.96 bits per heavy atom. The molecule has 0 aromatic heterocycles. The molecule has 2 rings (SSSR count). The van der Waals surface area contributed by atoms with Gasteiger partial charge in [-0.25, -0.2) is 4.79 Å². The van der Waals surface area contributed by atoms with Crippen molar-refractivity contribution in [1.29, 1.82) is 0 Å². The molecule has 1 aliphatic rings. The summed E-state index contributed by atoms with van der Waals surface area (Å²) >= 11 is 0. The molecule has 1 aromatic rings. The number of amides is 2. The third kappa shape index (κ3) is 6.58. The van der Waals surface area contributed by atoms with Gasteiger partial charge in [0.25, 0.3) is 0 Å². The summed E-state index contributed by atoms with van der Waals surface area (Å²) in [4.78, 5) is 25.0. The molecule has 6 heteroatoms. The van der Waals surface area contributed by atoms with Gasteiger partial charge in [0.1, 0.15) is 0 Å². The van der Waals surface area contributed by atoms with Crippen LogP contribution in [-0.2, 0) is 11.2 Å². The van der Waals surface area contributed by atoms with E-state index in [0.29, 0.717) is 31.8 Å². The number of aliphatic hydroxyl groups excluding tert-OH is 1. The molecule has 0 aliphatic heterocycles. The van der Waals surface area contributed by atoms with Crippen LogP contribution in [-0.4, -0.2) is 52.9 Å². The van der Waals surface area contributed by atoms with Crippen molar-refractivity contribution in [2.24, 2.45) is 5.92 Å². The number of aliphatic carboxylic acids is 1. The molecule has 132 valence electrons. The highest BCUT2D eigenvalue weighted by Gasteiger charge is 2.27. The highest BCUT2D eigenvalue weighted by molar-refractivity contribution is 5.74. The van der Waals surface area contributed by atoms with Gasteiger partial charge in [0, 0.05) is 25.6 Å². The quantitative estimate of drug-likeness (QED) is 0.609. The molecule has 6 nitrogen and oxygen atoms in total. The lowest BCUT2D eigenvalue weighted by molar-refractivity contribution is -0.137. The number of carboxylic acids is 1. The molecule has 1 saturated carbocycles. The summed E-state index contributed by atoms with van der Waals surface area (Å²) < 4.78 is 0. The first-order chi connectivity index (χ1) is 11.6. The first-order valence-electron chi connectivity index (χ1n) is 8.50. The van der Waals surface area contributed by atoms with Gasteiger partial charge in [0.05, 0.1) is 6.61 Å². The molecule has 0 bridgehead atoms. The Hall–Kier alpha value is -2.08. The van der Waals surface area contributed by atoms with Gasteiger partial charge < -0.3 is 20.4 Å². The number of nitrogens with zero attached hydrogens (tertiary/aromatic N) is 1. The molecule has 1 aromatic carbocycles. The van der Waals surface area contributed by atoms with Crippen LogP contribution in [0.25, 0.3) is 0 Å². The minimum absolute atomic E-state index is 0.0143. The largest absolute Gasteiger partial charge is 0.481 e. The van der Waals surface area contributed by atoms with Crippen LogP contribution in [0.4, 0.5) is 4.79 Å². The molecule has 24 heavy (non-hydrogen) atoms. The Morgan fingerprint density at radius 3 is 2.54 bits per heavy atom. The zero-order valence-electron chi connectivity index (χ0n) is 13.9. The molecule has 0 spiro atoms. The van der Waals surface area contributed by atoms with E-state index in [0.717, 1.165) is 18.4 Å². The molecular formula is C18H26N2O4. The highest BCUT2D eigenvalue weighted by atomic mass is 16.4.